The number of carbonyl (C=O) groups is 2. The number of nitrogens with zero attached hydrogens (tertiary/aromatic N) is 2. The van der Waals surface area contributed by atoms with Gasteiger partial charge in [-0.05, 0) is 42.2 Å². The lowest BCUT2D eigenvalue weighted by atomic mass is 9.82. The Balaban J connectivity index is 1.62. The summed E-state index contributed by atoms with van der Waals surface area (Å²) in [4.78, 5) is 37.9. The molecule has 1 saturated heterocycles. The second kappa shape index (κ2) is 7.86. The maximum atomic E-state index is 13.1. The molecule has 4 rings (SSSR count). The van der Waals surface area contributed by atoms with E-state index in [1.54, 1.807) is 21.6 Å². The number of amides is 1. The van der Waals surface area contributed by atoms with Crippen LogP contribution in [0.5, 0.6) is 0 Å². The third-order valence-electron chi connectivity index (χ3n) is 6.01. The molecule has 0 saturated carbocycles. The van der Waals surface area contributed by atoms with E-state index in [-0.39, 0.29) is 47.3 Å². The fourth-order valence-electron chi connectivity index (χ4n) is 4.60. The number of hydrogen-bond donors (Lipinski definition) is 1. The molecule has 0 spiro atoms. The predicted octanol–water partition coefficient (Wildman–Crippen LogP) is 3.34. The van der Waals surface area contributed by atoms with Crippen molar-refractivity contribution in [1.29, 1.82) is 0 Å². The monoisotopic (exact) mass is 434 g/mol. The molecule has 2 aliphatic heterocycles. The SMILES string of the molecule is O=C(O)CCC(=O)N1C[C@@H]2C[C@H](C1)c1ccc(-c3cccc(C(F)(F)F)c3)c(=O)n1C2. The zero-order chi connectivity index (χ0) is 22.3. The number of carbonyl (C=O) groups excluding carboxylic acids is 1. The Bertz CT molecular complexity index is 1090. The quantitative estimate of drug-likeness (QED) is 0.801. The normalized spacial score (nSPS) is 20.3. The van der Waals surface area contributed by atoms with Gasteiger partial charge in [-0.3, -0.25) is 14.4 Å². The van der Waals surface area contributed by atoms with Crippen LogP contribution in [0.3, 0.4) is 0 Å². The lowest BCUT2D eigenvalue weighted by Gasteiger charge is -2.43. The lowest BCUT2D eigenvalue weighted by Crippen LogP contribution is -2.49. The molecule has 1 amide bonds. The molecule has 2 atom stereocenters. The van der Waals surface area contributed by atoms with E-state index in [9.17, 15) is 27.6 Å². The number of fused-ring (bicyclic) bond motifs is 4. The number of aliphatic carboxylic acids is 1. The van der Waals surface area contributed by atoms with Crippen LogP contribution >= 0.6 is 0 Å². The highest BCUT2D eigenvalue weighted by Gasteiger charge is 2.37. The van der Waals surface area contributed by atoms with Crippen molar-refractivity contribution >= 4 is 11.9 Å². The van der Waals surface area contributed by atoms with Crippen molar-refractivity contribution in [2.24, 2.45) is 5.92 Å². The van der Waals surface area contributed by atoms with Gasteiger partial charge in [0, 0.05) is 43.2 Å². The highest BCUT2D eigenvalue weighted by Crippen LogP contribution is 2.37. The Morgan fingerprint density at radius 1 is 1.06 bits per heavy atom. The van der Waals surface area contributed by atoms with E-state index >= 15 is 0 Å². The number of carboxylic acid groups (broad SMARTS) is 1. The molecule has 1 aromatic heterocycles. The molecule has 31 heavy (non-hydrogen) atoms. The van der Waals surface area contributed by atoms with Gasteiger partial charge >= 0.3 is 12.1 Å². The minimum atomic E-state index is -4.49. The average molecular weight is 434 g/mol. The van der Waals surface area contributed by atoms with Crippen molar-refractivity contribution in [2.75, 3.05) is 13.1 Å². The smallest absolute Gasteiger partial charge is 0.416 e. The van der Waals surface area contributed by atoms with Gasteiger partial charge in [-0.15, -0.1) is 0 Å². The van der Waals surface area contributed by atoms with Gasteiger partial charge in [-0.2, -0.15) is 13.2 Å². The summed E-state index contributed by atoms with van der Waals surface area (Å²) in [6.45, 7) is 1.21. The average Bonchev–Trinajstić information content (AvgIpc) is 2.72. The van der Waals surface area contributed by atoms with Crippen molar-refractivity contribution < 1.29 is 27.9 Å². The van der Waals surface area contributed by atoms with Crippen molar-refractivity contribution in [3.8, 4) is 11.1 Å². The molecule has 2 aromatic rings. The molecule has 0 radical (unpaired) electrons. The molecule has 2 aliphatic rings. The number of carboxylic acids is 1. The van der Waals surface area contributed by atoms with Crippen molar-refractivity contribution in [3.05, 3.63) is 58.0 Å². The van der Waals surface area contributed by atoms with Gasteiger partial charge in [-0.1, -0.05) is 12.1 Å². The van der Waals surface area contributed by atoms with Crippen LogP contribution in [0.2, 0.25) is 0 Å². The van der Waals surface area contributed by atoms with E-state index in [0.717, 1.165) is 24.2 Å². The topological polar surface area (TPSA) is 79.6 Å². The largest absolute Gasteiger partial charge is 0.481 e. The fourth-order valence-corrected chi connectivity index (χ4v) is 4.60. The van der Waals surface area contributed by atoms with Crippen LogP contribution in [-0.2, 0) is 22.3 Å². The van der Waals surface area contributed by atoms with Gasteiger partial charge in [0.2, 0.25) is 5.91 Å². The summed E-state index contributed by atoms with van der Waals surface area (Å²) in [5.74, 6) is -1.27. The maximum absolute atomic E-state index is 13.1. The Labute approximate surface area is 175 Å². The van der Waals surface area contributed by atoms with Gasteiger partial charge in [0.1, 0.15) is 0 Å². The first-order valence-corrected chi connectivity index (χ1v) is 10.0. The first-order valence-electron chi connectivity index (χ1n) is 10.0. The lowest BCUT2D eigenvalue weighted by molar-refractivity contribution is -0.141. The van der Waals surface area contributed by atoms with Gasteiger partial charge in [0.15, 0.2) is 0 Å². The molecule has 1 aromatic carbocycles. The number of piperidine rings is 1. The zero-order valence-electron chi connectivity index (χ0n) is 16.6. The first-order chi connectivity index (χ1) is 14.6. The second-order valence-electron chi connectivity index (χ2n) is 8.16. The summed E-state index contributed by atoms with van der Waals surface area (Å²) < 4.78 is 40.8. The van der Waals surface area contributed by atoms with Crippen molar-refractivity contribution in [1.82, 2.24) is 9.47 Å². The van der Waals surface area contributed by atoms with Gasteiger partial charge in [-0.25, -0.2) is 0 Å². The van der Waals surface area contributed by atoms with E-state index in [1.807, 2.05) is 0 Å². The summed E-state index contributed by atoms with van der Waals surface area (Å²) in [6, 6.07) is 8.04. The van der Waals surface area contributed by atoms with Gasteiger partial charge < -0.3 is 14.6 Å². The molecule has 0 unspecified atom stereocenters. The van der Waals surface area contributed by atoms with E-state index in [1.165, 1.54) is 12.1 Å². The Morgan fingerprint density at radius 2 is 1.84 bits per heavy atom. The van der Waals surface area contributed by atoms with Gasteiger partial charge in [0.25, 0.3) is 5.56 Å². The third kappa shape index (κ3) is 4.22. The Morgan fingerprint density at radius 3 is 2.55 bits per heavy atom. The summed E-state index contributed by atoms with van der Waals surface area (Å²) in [7, 11) is 0. The standard InChI is InChI=1S/C22H21F3N2O4/c23-22(24,25)16-3-1-2-14(9-16)17-4-5-18-15-8-13(11-27(18)21(17)31)10-26(12-15)19(28)6-7-20(29)30/h1-5,9,13,15H,6-8,10-12H2,(H,29,30)/t13-,15+/m0/s1. The van der Waals surface area contributed by atoms with Crippen LogP contribution in [0.15, 0.2) is 41.2 Å². The van der Waals surface area contributed by atoms with Gasteiger partial charge in [0.05, 0.1) is 12.0 Å². The second-order valence-corrected chi connectivity index (χ2v) is 8.16. The molecule has 0 aliphatic carbocycles. The van der Waals surface area contributed by atoms with Crippen molar-refractivity contribution in [2.45, 2.75) is 37.9 Å². The number of rotatable bonds is 4. The fraction of sp³-hybridized carbons (Fsp3) is 0.409. The number of aromatic nitrogens is 1. The zero-order valence-corrected chi connectivity index (χ0v) is 16.6. The number of hydrogen-bond acceptors (Lipinski definition) is 3. The van der Waals surface area contributed by atoms with E-state index in [0.29, 0.717) is 19.6 Å². The van der Waals surface area contributed by atoms with Crippen molar-refractivity contribution in [3.63, 3.8) is 0 Å². The molecule has 1 N–H and O–H groups in total. The summed E-state index contributed by atoms with van der Waals surface area (Å²) in [6.07, 6.45) is -3.96. The minimum Gasteiger partial charge on any atom is -0.481 e. The number of pyridine rings is 1. The van der Waals surface area contributed by atoms with Crippen LogP contribution < -0.4 is 5.56 Å². The van der Waals surface area contributed by atoms with E-state index in [4.69, 9.17) is 5.11 Å². The van der Waals surface area contributed by atoms with Crippen LogP contribution in [-0.4, -0.2) is 39.5 Å². The molecule has 3 heterocycles. The number of alkyl halides is 3. The molecular formula is C22H21F3N2O4. The molecule has 164 valence electrons. The molecule has 9 heteroatoms. The van der Waals surface area contributed by atoms with Crippen LogP contribution in [0.4, 0.5) is 13.2 Å². The summed E-state index contributed by atoms with van der Waals surface area (Å²) >= 11 is 0. The number of benzene rings is 1. The first kappa shape index (κ1) is 21.1. The highest BCUT2D eigenvalue weighted by molar-refractivity contribution is 5.81. The summed E-state index contributed by atoms with van der Waals surface area (Å²) in [5.41, 5.74) is 0.0462. The number of likely N-dealkylation sites (tertiary alicyclic amines) is 1. The molecule has 1 fully saturated rings. The van der Waals surface area contributed by atoms with Crippen LogP contribution in [0.25, 0.3) is 11.1 Å². The highest BCUT2D eigenvalue weighted by atomic mass is 19.4. The van der Waals surface area contributed by atoms with E-state index in [2.05, 4.69) is 0 Å². The molecule has 6 nitrogen and oxygen atoms in total. The Kier molecular flexibility index (Phi) is 5.36. The van der Waals surface area contributed by atoms with E-state index < -0.39 is 17.7 Å². The Hall–Kier alpha value is -3.10. The summed E-state index contributed by atoms with van der Waals surface area (Å²) in [5, 5.41) is 8.79. The minimum absolute atomic E-state index is 0.0366. The number of halogens is 3. The molecular weight excluding hydrogens is 413 g/mol. The third-order valence-corrected chi connectivity index (χ3v) is 6.01. The molecule has 2 bridgehead atoms. The van der Waals surface area contributed by atoms with Crippen LogP contribution in [0, 0.1) is 5.92 Å². The maximum Gasteiger partial charge on any atom is 0.416 e. The van der Waals surface area contributed by atoms with Crippen LogP contribution in [0.1, 0.15) is 36.4 Å². The predicted molar refractivity (Wildman–Crippen MR) is 105 cm³/mol.